The lowest BCUT2D eigenvalue weighted by atomic mass is 10.1. The lowest BCUT2D eigenvalue weighted by Crippen LogP contribution is -2.33. The third-order valence-corrected chi connectivity index (χ3v) is 5.52. The van der Waals surface area contributed by atoms with Crippen molar-refractivity contribution in [1.29, 1.82) is 0 Å². The van der Waals surface area contributed by atoms with E-state index in [1.165, 1.54) is 7.11 Å². The molecule has 0 aliphatic heterocycles. The molecule has 0 bridgehead atoms. The van der Waals surface area contributed by atoms with Crippen molar-refractivity contribution in [3.63, 3.8) is 0 Å². The number of nitrogens with one attached hydrogen (secondary N) is 1. The Bertz CT molecular complexity index is 689. The van der Waals surface area contributed by atoms with Crippen LogP contribution in [0.15, 0.2) is 42.5 Å². The van der Waals surface area contributed by atoms with E-state index in [4.69, 9.17) is 11.2 Å². The molecule has 0 spiro atoms. The molecule has 1 unspecified atom stereocenters. The van der Waals surface area contributed by atoms with Crippen molar-refractivity contribution in [3.05, 3.63) is 42.5 Å². The average molecular weight is 312 g/mol. The van der Waals surface area contributed by atoms with Gasteiger partial charge in [0, 0.05) is 5.30 Å². The molecule has 6 heteroatoms. The fourth-order valence-electron chi connectivity index (χ4n) is 1.91. The summed E-state index contributed by atoms with van der Waals surface area (Å²) in [5.41, 5.74) is 0. The zero-order valence-electron chi connectivity index (χ0n) is 11.2. The molecule has 2 rings (SSSR count). The molecule has 0 saturated carbocycles. The first-order valence-corrected chi connectivity index (χ1v) is 8.70. The molecule has 2 aromatic carbocycles. The minimum atomic E-state index is -3.35. The smallest absolute Gasteiger partial charge is 0.322 e. The number of methoxy groups -OCH3 is 1. The van der Waals surface area contributed by atoms with Gasteiger partial charge < -0.3 is 4.74 Å². The lowest BCUT2D eigenvalue weighted by Gasteiger charge is -2.17. The first kappa shape index (κ1) is 15.0. The molecular formula is C14H15ClNO3P. The number of carbonyl (C=O) groups is 1. The number of fused-ring (bicyclic) bond motifs is 1. The van der Waals surface area contributed by atoms with Gasteiger partial charge in [-0.1, -0.05) is 30.3 Å². The number of rotatable bonds is 4. The van der Waals surface area contributed by atoms with Crippen LogP contribution in [0.1, 0.15) is 6.92 Å². The predicted octanol–water partition coefficient (Wildman–Crippen LogP) is 3.05. The summed E-state index contributed by atoms with van der Waals surface area (Å²) in [6.45, 7) is -1.79. The van der Waals surface area contributed by atoms with E-state index in [-0.39, 0.29) is 0 Å². The second-order valence-corrected chi connectivity index (χ2v) is 7.71. The van der Waals surface area contributed by atoms with Gasteiger partial charge in [-0.15, -0.1) is 0 Å². The van der Waals surface area contributed by atoms with Crippen molar-refractivity contribution in [2.75, 3.05) is 7.11 Å². The summed E-state index contributed by atoms with van der Waals surface area (Å²) in [6.07, 6.45) is 0. The Kier molecular flexibility index (Phi) is 4.48. The Balaban J connectivity index is 2.31. The van der Waals surface area contributed by atoms with Crippen LogP contribution in [0.5, 0.6) is 0 Å². The number of hydrogen-bond acceptors (Lipinski definition) is 3. The zero-order chi connectivity index (χ0) is 14.8. The first-order chi connectivity index (χ1) is 9.44. The van der Waals surface area contributed by atoms with Gasteiger partial charge in [-0.3, -0.25) is 9.36 Å². The van der Waals surface area contributed by atoms with Gasteiger partial charge in [-0.05, 0) is 41.1 Å². The summed E-state index contributed by atoms with van der Waals surface area (Å²) in [5.74, 6) is -0.508. The summed E-state index contributed by atoms with van der Waals surface area (Å²) in [4.78, 5) is 11.4. The van der Waals surface area contributed by atoms with Crippen molar-refractivity contribution in [3.8, 4) is 0 Å². The average Bonchev–Trinajstić information content (AvgIpc) is 2.45. The van der Waals surface area contributed by atoms with Gasteiger partial charge in [0.15, 0.2) is 0 Å². The number of hydrogen-bond donors (Lipinski definition) is 1. The van der Waals surface area contributed by atoms with Gasteiger partial charge in [0.25, 0.3) is 6.65 Å². The van der Waals surface area contributed by atoms with E-state index in [2.05, 4.69) is 9.82 Å². The molecule has 0 fully saturated rings. The third-order valence-electron chi connectivity index (χ3n) is 2.98. The Morgan fingerprint density at radius 1 is 1.25 bits per heavy atom. The number of benzene rings is 2. The standard InChI is InChI=1S/C14H15ClNO3P/c1-10(14(17)19-2)16-20(15,18)13-8-7-11-5-3-4-6-12(11)9-13/h3-10H,1-2H3,(H,16,18)/t10-,20?/m0/s1. The lowest BCUT2D eigenvalue weighted by molar-refractivity contribution is -0.142. The van der Waals surface area contributed by atoms with Gasteiger partial charge in [0.1, 0.15) is 6.04 Å². The van der Waals surface area contributed by atoms with E-state index < -0.39 is 18.7 Å². The molecule has 0 aliphatic carbocycles. The van der Waals surface area contributed by atoms with Gasteiger partial charge in [-0.25, -0.2) is 5.09 Å². The van der Waals surface area contributed by atoms with E-state index in [0.29, 0.717) is 5.30 Å². The SMILES string of the molecule is COC(=O)[C@H](C)NP(=O)(Cl)c1ccc2ccccc2c1. The third kappa shape index (κ3) is 3.21. The molecule has 106 valence electrons. The highest BCUT2D eigenvalue weighted by Crippen LogP contribution is 2.46. The monoisotopic (exact) mass is 311 g/mol. The van der Waals surface area contributed by atoms with Crippen molar-refractivity contribution in [2.24, 2.45) is 0 Å². The highest BCUT2D eigenvalue weighted by molar-refractivity contribution is 7.93. The largest absolute Gasteiger partial charge is 0.468 e. The van der Waals surface area contributed by atoms with Crippen LogP contribution < -0.4 is 10.4 Å². The van der Waals surface area contributed by atoms with Crippen LogP contribution in [0.4, 0.5) is 0 Å². The van der Waals surface area contributed by atoms with E-state index in [0.717, 1.165) is 10.8 Å². The maximum absolute atomic E-state index is 12.5. The highest BCUT2D eigenvalue weighted by Gasteiger charge is 2.27. The number of ether oxygens (including phenoxy) is 1. The Labute approximate surface area is 122 Å². The molecule has 0 radical (unpaired) electrons. The fraction of sp³-hybridized carbons (Fsp3) is 0.214. The van der Waals surface area contributed by atoms with Gasteiger partial charge in [0.05, 0.1) is 7.11 Å². The van der Waals surface area contributed by atoms with Crippen LogP contribution in [0.3, 0.4) is 0 Å². The molecule has 0 saturated heterocycles. The zero-order valence-corrected chi connectivity index (χ0v) is 12.8. The maximum Gasteiger partial charge on any atom is 0.322 e. The molecule has 4 nitrogen and oxygen atoms in total. The molecule has 0 aromatic heterocycles. The first-order valence-electron chi connectivity index (χ1n) is 6.09. The minimum Gasteiger partial charge on any atom is -0.468 e. The van der Waals surface area contributed by atoms with Crippen molar-refractivity contribution < 1.29 is 14.1 Å². The topological polar surface area (TPSA) is 55.4 Å². The van der Waals surface area contributed by atoms with E-state index in [1.54, 1.807) is 19.1 Å². The van der Waals surface area contributed by atoms with E-state index in [1.807, 2.05) is 30.3 Å². The van der Waals surface area contributed by atoms with E-state index >= 15 is 0 Å². The maximum atomic E-state index is 12.5. The molecular weight excluding hydrogens is 297 g/mol. The molecule has 0 aliphatic rings. The molecule has 0 heterocycles. The summed E-state index contributed by atoms with van der Waals surface area (Å²) < 4.78 is 17.1. The number of esters is 1. The number of halogens is 1. The van der Waals surface area contributed by atoms with Gasteiger partial charge in [-0.2, -0.15) is 0 Å². The Morgan fingerprint density at radius 2 is 1.90 bits per heavy atom. The highest BCUT2D eigenvalue weighted by atomic mass is 35.7. The van der Waals surface area contributed by atoms with Crippen LogP contribution in [0, 0.1) is 0 Å². The van der Waals surface area contributed by atoms with Crippen LogP contribution in [-0.2, 0) is 14.1 Å². The van der Waals surface area contributed by atoms with Crippen LogP contribution in [-0.4, -0.2) is 19.1 Å². The summed E-state index contributed by atoms with van der Waals surface area (Å²) in [5, 5.41) is 5.08. The predicted molar refractivity (Wildman–Crippen MR) is 81.7 cm³/mol. The van der Waals surface area contributed by atoms with Crippen LogP contribution in [0.25, 0.3) is 10.8 Å². The molecule has 2 aromatic rings. The van der Waals surface area contributed by atoms with Crippen molar-refractivity contribution in [1.82, 2.24) is 5.09 Å². The number of carbonyl (C=O) groups excluding carboxylic acids is 1. The second kappa shape index (κ2) is 5.96. The Morgan fingerprint density at radius 3 is 2.55 bits per heavy atom. The van der Waals surface area contributed by atoms with E-state index in [9.17, 15) is 9.36 Å². The summed E-state index contributed by atoms with van der Waals surface area (Å²) in [6, 6.07) is 12.3. The molecule has 2 atom stereocenters. The van der Waals surface area contributed by atoms with Crippen molar-refractivity contribution >= 4 is 39.9 Å². The normalized spacial score (nSPS) is 15.6. The molecule has 0 amide bonds. The second-order valence-electron chi connectivity index (χ2n) is 4.44. The molecule has 20 heavy (non-hydrogen) atoms. The summed E-state index contributed by atoms with van der Waals surface area (Å²) >= 11 is 6.09. The van der Waals surface area contributed by atoms with Gasteiger partial charge >= 0.3 is 5.97 Å². The quantitative estimate of drug-likeness (QED) is 0.696. The summed E-state index contributed by atoms with van der Waals surface area (Å²) in [7, 11) is 1.27. The minimum absolute atomic E-state index is 0.466. The Hall–Kier alpha value is -1.35. The van der Waals surface area contributed by atoms with Crippen molar-refractivity contribution in [2.45, 2.75) is 13.0 Å². The van der Waals surface area contributed by atoms with Gasteiger partial charge in [0.2, 0.25) is 0 Å². The van der Waals surface area contributed by atoms with Crippen LogP contribution >= 0.6 is 17.9 Å². The fourth-order valence-corrected chi connectivity index (χ4v) is 3.99. The molecule has 1 N–H and O–H groups in total. The van der Waals surface area contributed by atoms with Crippen LogP contribution in [0.2, 0.25) is 0 Å².